The van der Waals surface area contributed by atoms with Gasteiger partial charge < -0.3 is 26.2 Å². The number of nitrogens with one attached hydrogen (secondary N) is 3. The number of alkyl halides is 4. The van der Waals surface area contributed by atoms with Crippen molar-refractivity contribution in [1.29, 1.82) is 0 Å². The van der Waals surface area contributed by atoms with Crippen LogP contribution in [0.25, 0.3) is 42.4 Å². The smallest absolute Gasteiger partial charge is 0.358 e. The lowest BCUT2D eigenvalue weighted by atomic mass is 10.1. The molecule has 8 aromatic rings. The van der Waals surface area contributed by atoms with E-state index < -0.39 is 53.3 Å². The van der Waals surface area contributed by atoms with Gasteiger partial charge in [-0.1, -0.05) is 59.1 Å². The van der Waals surface area contributed by atoms with Gasteiger partial charge in [-0.15, -0.1) is 0 Å². The van der Waals surface area contributed by atoms with Crippen molar-refractivity contribution in [1.82, 2.24) is 35.2 Å². The molecule has 0 saturated carbocycles. The van der Waals surface area contributed by atoms with Crippen molar-refractivity contribution in [3.8, 4) is 20.9 Å². The molecule has 2 aromatic carbocycles. The Balaban J connectivity index is 0.950. The number of nitrogens with two attached hydrogens (primary N) is 1. The number of benzene rings is 2. The zero-order valence-electron chi connectivity index (χ0n) is 35.5. The number of aliphatic hydroxyl groups is 1. The number of methoxy groups -OCH3 is 1. The molecule has 0 fully saturated rings. The molecule has 346 valence electrons. The highest BCUT2D eigenvalue weighted by Gasteiger charge is 2.36. The van der Waals surface area contributed by atoms with Gasteiger partial charge in [-0.2, -0.15) is 26.3 Å². The Labute approximate surface area is 386 Å². The summed E-state index contributed by atoms with van der Waals surface area (Å²) >= 11 is 2.34. The van der Waals surface area contributed by atoms with E-state index in [1.54, 1.807) is 30.3 Å². The average Bonchev–Trinajstić information content (AvgIpc) is 3.94. The molecule has 0 aliphatic heterocycles. The van der Waals surface area contributed by atoms with Gasteiger partial charge in [-0.3, -0.25) is 9.97 Å². The normalized spacial score (nSPS) is 12.9. The van der Waals surface area contributed by atoms with Crippen molar-refractivity contribution >= 4 is 60.5 Å². The van der Waals surface area contributed by atoms with E-state index in [4.69, 9.17) is 10.5 Å². The molecule has 0 unspecified atom stereocenters. The maximum Gasteiger partial charge on any atom is 0.358 e. The molecule has 0 saturated heterocycles. The summed E-state index contributed by atoms with van der Waals surface area (Å²) in [5, 5.41) is 21.8. The van der Waals surface area contributed by atoms with Gasteiger partial charge in [0.25, 0.3) is 5.92 Å². The van der Waals surface area contributed by atoms with Crippen molar-refractivity contribution in [2.45, 2.75) is 50.4 Å². The van der Waals surface area contributed by atoms with Crippen LogP contribution in [0.4, 0.5) is 36.6 Å². The third kappa shape index (κ3) is 11.1. The highest BCUT2D eigenvalue weighted by Crippen LogP contribution is 2.37. The lowest BCUT2D eigenvalue weighted by Crippen LogP contribution is -2.47. The van der Waals surface area contributed by atoms with Crippen LogP contribution >= 0.6 is 22.7 Å². The van der Waals surface area contributed by atoms with Crippen LogP contribution in [0.5, 0.6) is 0 Å². The number of rotatable bonds is 18. The molecule has 6 heterocycles. The highest BCUT2D eigenvalue weighted by molar-refractivity contribution is 7.19. The Morgan fingerprint density at radius 3 is 1.87 bits per heavy atom. The van der Waals surface area contributed by atoms with E-state index in [2.05, 4.69) is 45.9 Å². The van der Waals surface area contributed by atoms with Crippen LogP contribution in [0.2, 0.25) is 0 Å². The van der Waals surface area contributed by atoms with Crippen LogP contribution < -0.4 is 21.7 Å². The number of esters is 1. The van der Waals surface area contributed by atoms with Gasteiger partial charge in [0, 0.05) is 79.8 Å². The van der Waals surface area contributed by atoms with Crippen molar-refractivity contribution in [3.63, 3.8) is 0 Å². The predicted molar refractivity (Wildman–Crippen MR) is 244 cm³/mol. The second-order valence-corrected chi connectivity index (χ2v) is 17.6. The Bertz CT molecular complexity index is 3040. The van der Waals surface area contributed by atoms with Gasteiger partial charge >= 0.3 is 12.0 Å². The number of fused-ring (bicyclic) bond motifs is 2. The zero-order valence-corrected chi connectivity index (χ0v) is 37.2. The molecule has 8 rings (SSSR count). The summed E-state index contributed by atoms with van der Waals surface area (Å²) in [6, 6.07) is 13.0. The highest BCUT2D eigenvalue weighted by atomic mass is 32.1. The number of aromatic nitrogens is 6. The second kappa shape index (κ2) is 19.7. The molecular weight excluding hydrogens is 919 g/mol. The summed E-state index contributed by atoms with van der Waals surface area (Å²) in [6.07, 6.45) is 5.48. The number of aliphatic hydroxyl groups excluding tert-OH is 1. The minimum atomic E-state index is -3.71. The number of nitrogens with zero attached hydrogens (tertiary/aromatic N) is 6. The molecule has 13 nitrogen and oxygen atoms in total. The number of halogens is 6. The van der Waals surface area contributed by atoms with Gasteiger partial charge in [0.1, 0.15) is 11.4 Å². The number of hydrogen-bond acceptors (Lipinski definition) is 15. The summed E-state index contributed by atoms with van der Waals surface area (Å²) in [7, 11) is 1.19. The van der Waals surface area contributed by atoms with Crippen molar-refractivity contribution in [2.24, 2.45) is 5.73 Å². The van der Waals surface area contributed by atoms with Crippen LogP contribution in [-0.4, -0.2) is 73.3 Å². The number of ether oxygens (including phenoxy) is 1. The summed E-state index contributed by atoms with van der Waals surface area (Å²) in [5.74, 6) is -5.26. The number of thiazole rings is 2. The molecule has 21 heteroatoms. The topological polar surface area (TPSA) is 186 Å². The van der Waals surface area contributed by atoms with Crippen LogP contribution in [0, 0.1) is 11.9 Å². The third-order valence-electron chi connectivity index (χ3n) is 10.6. The van der Waals surface area contributed by atoms with Gasteiger partial charge in [0.2, 0.25) is 11.9 Å². The summed E-state index contributed by atoms with van der Waals surface area (Å²) < 4.78 is 92.9. The first kappa shape index (κ1) is 46.9. The molecule has 0 aliphatic carbocycles. The number of pyridine rings is 4. The second-order valence-electron chi connectivity index (χ2n) is 15.6. The zero-order chi connectivity index (χ0) is 47.5. The SMILES string of the molecule is COC(=O)c1nc(NC[C@H](Cc2ccc(C(C)(F)F)nc2)NC(F)(F)c2ccc(C[C@H](N)CNc3nc(CO)c(-c4ccc5cnc(F)cc5c4)s3)cn2)sc1-c1ccc2cnc(F)cc2c1. The fourth-order valence-electron chi connectivity index (χ4n) is 7.23. The lowest BCUT2D eigenvalue weighted by Gasteiger charge is -2.26. The predicted octanol–water partition coefficient (Wildman–Crippen LogP) is 8.83. The Hall–Kier alpha value is -6.65. The number of carbonyl (C=O) groups is 1. The third-order valence-corrected chi connectivity index (χ3v) is 12.7. The first-order valence-corrected chi connectivity index (χ1v) is 22.2. The fourth-order valence-corrected chi connectivity index (χ4v) is 9.16. The Kier molecular flexibility index (Phi) is 13.8. The first-order chi connectivity index (χ1) is 32.0. The number of carbonyl (C=O) groups excluding carboxylic acids is 1. The molecule has 0 radical (unpaired) electrons. The van der Waals surface area contributed by atoms with E-state index >= 15 is 8.78 Å². The Morgan fingerprint density at radius 1 is 0.716 bits per heavy atom. The van der Waals surface area contributed by atoms with Crippen LogP contribution in [0.3, 0.4) is 0 Å². The Morgan fingerprint density at radius 2 is 1.28 bits per heavy atom. The van der Waals surface area contributed by atoms with Gasteiger partial charge in [0.05, 0.1) is 29.2 Å². The van der Waals surface area contributed by atoms with E-state index in [9.17, 15) is 27.5 Å². The van der Waals surface area contributed by atoms with Crippen LogP contribution in [-0.2, 0) is 36.2 Å². The van der Waals surface area contributed by atoms with Gasteiger partial charge in [-0.25, -0.2) is 30.0 Å². The van der Waals surface area contributed by atoms with E-state index in [0.717, 1.165) is 28.4 Å². The van der Waals surface area contributed by atoms with Gasteiger partial charge in [0.15, 0.2) is 16.0 Å². The maximum absolute atomic E-state index is 16.1. The number of anilines is 2. The monoisotopic (exact) mass is 958 g/mol. The summed E-state index contributed by atoms with van der Waals surface area (Å²) in [6.45, 7) is 0.426. The molecule has 0 bridgehead atoms. The lowest BCUT2D eigenvalue weighted by molar-refractivity contribution is -0.0548. The van der Waals surface area contributed by atoms with E-state index in [0.29, 0.717) is 60.4 Å². The molecule has 2 atom stereocenters. The van der Waals surface area contributed by atoms with Crippen molar-refractivity contribution in [2.75, 3.05) is 30.8 Å². The minimum absolute atomic E-state index is 0.0538. The summed E-state index contributed by atoms with van der Waals surface area (Å²) in [5.41, 5.74) is 7.95. The largest absolute Gasteiger partial charge is 0.464 e. The molecule has 0 spiro atoms. The minimum Gasteiger partial charge on any atom is -0.464 e. The molecule has 67 heavy (non-hydrogen) atoms. The molecule has 0 aliphatic rings. The maximum atomic E-state index is 16.1. The standard InChI is InChI=1S/C46H40F6N10O3S2/c1-45(49,50)35-9-3-25(18-54-35)12-33(22-59-44-61-39(42(64)65-2)41(67-44)27-6-8-29-20-57-38(48)16-31(29)14-27)62-46(51,52)36-10-4-24(17-55-36)11-32(53)21-58-43-60-34(23-63)40(66-43)26-5-7-28-19-56-37(47)15-30(28)13-26/h3-10,13-20,32-33,62-63H,11-12,21-23,53H2,1-2H3,(H,58,60)(H,59,61)/t32-,33-/m0/s1. The summed E-state index contributed by atoms with van der Waals surface area (Å²) in [4.78, 5) is 38.1. The quantitative estimate of drug-likeness (QED) is 0.0238. The molecule has 6 aromatic heterocycles. The number of hydrogen-bond donors (Lipinski definition) is 5. The van der Waals surface area contributed by atoms with Gasteiger partial charge in [-0.05, 0) is 70.1 Å². The van der Waals surface area contributed by atoms with Crippen LogP contribution in [0.15, 0.2) is 97.6 Å². The molecular formula is C46H40F6N10O3S2. The van der Waals surface area contributed by atoms with E-state index in [1.807, 2.05) is 6.07 Å². The first-order valence-electron chi connectivity index (χ1n) is 20.5. The molecule has 6 N–H and O–H groups in total. The average molecular weight is 959 g/mol. The molecule has 0 amide bonds. The van der Waals surface area contributed by atoms with Crippen molar-refractivity contribution < 1.29 is 41.0 Å². The van der Waals surface area contributed by atoms with Crippen LogP contribution in [0.1, 0.15) is 45.6 Å². The van der Waals surface area contributed by atoms with E-state index in [1.165, 1.54) is 73.6 Å². The fraction of sp³-hybridized carbons (Fsp3) is 0.239. The van der Waals surface area contributed by atoms with Crippen molar-refractivity contribution in [3.05, 3.63) is 143 Å². The van der Waals surface area contributed by atoms with E-state index in [-0.39, 0.29) is 43.4 Å².